The third-order valence-corrected chi connectivity index (χ3v) is 5.27. The number of piperazine rings is 1. The van der Waals surface area contributed by atoms with E-state index in [1.54, 1.807) is 30.1 Å². The first kappa shape index (κ1) is 16.7. The highest BCUT2D eigenvalue weighted by Crippen LogP contribution is 2.17. The Balaban J connectivity index is 1.52. The first-order valence-electron chi connectivity index (χ1n) is 8.08. The largest absolute Gasteiger partial charge is 0.361 e. The predicted octanol–water partition coefficient (Wildman–Crippen LogP) is 2.27. The van der Waals surface area contributed by atoms with E-state index in [4.69, 9.17) is 4.52 Å². The van der Waals surface area contributed by atoms with Crippen LogP contribution in [0.25, 0.3) is 0 Å². The van der Waals surface area contributed by atoms with Crippen molar-refractivity contribution in [2.45, 2.75) is 26.7 Å². The molecule has 128 valence electrons. The van der Waals surface area contributed by atoms with Crippen molar-refractivity contribution in [3.63, 3.8) is 0 Å². The number of thiophene rings is 1. The highest BCUT2D eigenvalue weighted by atomic mass is 32.1. The van der Waals surface area contributed by atoms with E-state index in [1.165, 1.54) is 4.88 Å². The lowest BCUT2D eigenvalue weighted by atomic mass is 10.1. The molecule has 0 spiro atoms. The summed E-state index contributed by atoms with van der Waals surface area (Å²) in [6.07, 6.45) is 1.31. The Labute approximate surface area is 145 Å². The van der Waals surface area contributed by atoms with Crippen LogP contribution >= 0.6 is 11.3 Å². The molecule has 0 bridgehead atoms. The van der Waals surface area contributed by atoms with Crippen LogP contribution in [0.5, 0.6) is 0 Å². The molecule has 3 rings (SSSR count). The van der Waals surface area contributed by atoms with Crippen molar-refractivity contribution in [2.75, 3.05) is 26.2 Å². The standard InChI is InChI=1S/C17H21N3O3S/c1-12-16(13(2)23-18-12)17(22)20-9-7-19(8-10-20)15(21)6-5-14-4-3-11-24-14/h3-4,11H,5-10H2,1-2H3. The SMILES string of the molecule is Cc1noc(C)c1C(=O)N1CCN(C(=O)CCc2cccs2)CC1. The molecule has 2 amide bonds. The fourth-order valence-corrected chi connectivity index (χ4v) is 3.66. The van der Waals surface area contributed by atoms with Crippen LogP contribution in [0.2, 0.25) is 0 Å². The molecular weight excluding hydrogens is 326 g/mol. The molecule has 0 aromatic carbocycles. The van der Waals surface area contributed by atoms with Gasteiger partial charge in [-0.1, -0.05) is 11.2 Å². The summed E-state index contributed by atoms with van der Waals surface area (Å²) in [6, 6.07) is 4.06. The second-order valence-electron chi connectivity index (χ2n) is 5.95. The van der Waals surface area contributed by atoms with Crippen LogP contribution in [-0.4, -0.2) is 52.9 Å². The predicted molar refractivity (Wildman–Crippen MR) is 91.1 cm³/mol. The molecule has 24 heavy (non-hydrogen) atoms. The first-order chi connectivity index (χ1) is 11.6. The van der Waals surface area contributed by atoms with E-state index < -0.39 is 0 Å². The fraction of sp³-hybridized carbons (Fsp3) is 0.471. The van der Waals surface area contributed by atoms with E-state index in [0.717, 1.165) is 6.42 Å². The minimum absolute atomic E-state index is 0.0584. The Morgan fingerprint density at radius 2 is 1.92 bits per heavy atom. The molecule has 6 nitrogen and oxygen atoms in total. The van der Waals surface area contributed by atoms with Gasteiger partial charge in [0, 0.05) is 37.5 Å². The van der Waals surface area contributed by atoms with Gasteiger partial charge in [-0.15, -0.1) is 11.3 Å². The van der Waals surface area contributed by atoms with Gasteiger partial charge in [-0.2, -0.15) is 0 Å². The second-order valence-corrected chi connectivity index (χ2v) is 6.98. The Bertz CT molecular complexity index is 696. The van der Waals surface area contributed by atoms with Gasteiger partial charge in [0.2, 0.25) is 5.91 Å². The molecule has 0 radical (unpaired) electrons. The molecule has 0 N–H and O–H groups in total. The number of hydrogen-bond donors (Lipinski definition) is 0. The van der Waals surface area contributed by atoms with Crippen molar-refractivity contribution in [2.24, 2.45) is 0 Å². The second kappa shape index (κ2) is 7.17. The number of carbonyl (C=O) groups is 2. The fourth-order valence-electron chi connectivity index (χ4n) is 2.95. The molecule has 0 unspecified atom stereocenters. The van der Waals surface area contributed by atoms with E-state index in [0.29, 0.717) is 49.6 Å². The van der Waals surface area contributed by atoms with Gasteiger partial charge in [0.1, 0.15) is 11.3 Å². The first-order valence-corrected chi connectivity index (χ1v) is 8.96. The zero-order valence-corrected chi connectivity index (χ0v) is 14.8. The summed E-state index contributed by atoms with van der Waals surface area (Å²) >= 11 is 1.68. The number of nitrogens with zero attached hydrogens (tertiary/aromatic N) is 3. The van der Waals surface area contributed by atoms with Gasteiger partial charge in [0.05, 0.1) is 5.69 Å². The molecular formula is C17H21N3O3S. The summed E-state index contributed by atoms with van der Waals surface area (Å²) in [7, 11) is 0. The summed E-state index contributed by atoms with van der Waals surface area (Å²) in [5, 5.41) is 5.86. The van der Waals surface area contributed by atoms with Crippen LogP contribution in [0.4, 0.5) is 0 Å². The van der Waals surface area contributed by atoms with Gasteiger partial charge >= 0.3 is 0 Å². The molecule has 0 aliphatic carbocycles. The lowest BCUT2D eigenvalue weighted by molar-refractivity contribution is -0.132. The molecule has 3 heterocycles. The van der Waals surface area contributed by atoms with Crippen molar-refractivity contribution in [3.05, 3.63) is 39.4 Å². The van der Waals surface area contributed by atoms with Crippen molar-refractivity contribution in [3.8, 4) is 0 Å². The number of rotatable bonds is 4. The monoisotopic (exact) mass is 347 g/mol. The average molecular weight is 347 g/mol. The number of hydrogen-bond acceptors (Lipinski definition) is 5. The molecule has 0 atom stereocenters. The normalized spacial score (nSPS) is 14.9. The van der Waals surface area contributed by atoms with Gasteiger partial charge < -0.3 is 14.3 Å². The highest BCUT2D eigenvalue weighted by Gasteiger charge is 2.28. The zero-order chi connectivity index (χ0) is 17.1. The summed E-state index contributed by atoms with van der Waals surface area (Å²) in [4.78, 5) is 29.8. The quantitative estimate of drug-likeness (QED) is 0.851. The lowest BCUT2D eigenvalue weighted by Gasteiger charge is -2.34. The van der Waals surface area contributed by atoms with Crippen LogP contribution in [0, 0.1) is 13.8 Å². The Kier molecular flexibility index (Phi) is 4.99. The van der Waals surface area contributed by atoms with Crippen LogP contribution in [0.1, 0.15) is 33.1 Å². The maximum Gasteiger partial charge on any atom is 0.259 e. The average Bonchev–Trinajstić information content (AvgIpc) is 3.22. The van der Waals surface area contributed by atoms with E-state index >= 15 is 0 Å². The van der Waals surface area contributed by atoms with Gasteiger partial charge in [-0.25, -0.2) is 0 Å². The molecule has 7 heteroatoms. The van der Waals surface area contributed by atoms with Crippen molar-refractivity contribution in [1.29, 1.82) is 0 Å². The smallest absolute Gasteiger partial charge is 0.259 e. The highest BCUT2D eigenvalue weighted by molar-refractivity contribution is 7.09. The molecule has 1 fully saturated rings. The van der Waals surface area contributed by atoms with Gasteiger partial charge in [-0.05, 0) is 31.7 Å². The minimum Gasteiger partial charge on any atom is -0.361 e. The summed E-state index contributed by atoms with van der Waals surface area (Å²) in [5.41, 5.74) is 1.17. The van der Waals surface area contributed by atoms with E-state index in [2.05, 4.69) is 11.2 Å². The van der Waals surface area contributed by atoms with E-state index in [-0.39, 0.29) is 11.8 Å². The van der Waals surface area contributed by atoms with Crippen LogP contribution < -0.4 is 0 Å². The molecule has 2 aromatic rings. The van der Waals surface area contributed by atoms with E-state index in [9.17, 15) is 9.59 Å². The number of aromatic nitrogens is 1. The van der Waals surface area contributed by atoms with Crippen molar-refractivity contribution < 1.29 is 14.1 Å². The number of carbonyl (C=O) groups excluding carboxylic acids is 2. The maximum absolute atomic E-state index is 12.6. The van der Waals surface area contributed by atoms with Gasteiger partial charge in [0.15, 0.2) is 0 Å². The van der Waals surface area contributed by atoms with Gasteiger partial charge in [0.25, 0.3) is 5.91 Å². The number of aryl methyl sites for hydroxylation is 3. The third kappa shape index (κ3) is 3.51. The Morgan fingerprint density at radius 1 is 1.21 bits per heavy atom. The molecule has 0 saturated carbocycles. The summed E-state index contributed by atoms with van der Waals surface area (Å²) in [6.45, 7) is 5.78. The molecule has 1 aliphatic heterocycles. The molecule has 1 saturated heterocycles. The Hall–Kier alpha value is -2.15. The minimum atomic E-state index is -0.0584. The van der Waals surface area contributed by atoms with E-state index in [1.807, 2.05) is 16.3 Å². The Morgan fingerprint density at radius 3 is 2.50 bits per heavy atom. The van der Waals surface area contributed by atoms with Crippen LogP contribution in [0.3, 0.4) is 0 Å². The zero-order valence-electron chi connectivity index (χ0n) is 13.9. The number of amides is 2. The third-order valence-electron chi connectivity index (χ3n) is 4.33. The van der Waals surface area contributed by atoms with Crippen molar-refractivity contribution >= 4 is 23.2 Å². The maximum atomic E-state index is 12.6. The van der Waals surface area contributed by atoms with Crippen molar-refractivity contribution in [1.82, 2.24) is 15.0 Å². The van der Waals surface area contributed by atoms with Crippen LogP contribution in [0.15, 0.2) is 22.0 Å². The van der Waals surface area contributed by atoms with Crippen LogP contribution in [-0.2, 0) is 11.2 Å². The van der Waals surface area contributed by atoms with Gasteiger partial charge in [-0.3, -0.25) is 9.59 Å². The molecule has 1 aliphatic rings. The lowest BCUT2D eigenvalue weighted by Crippen LogP contribution is -2.50. The topological polar surface area (TPSA) is 66.7 Å². The molecule has 2 aromatic heterocycles. The summed E-state index contributed by atoms with van der Waals surface area (Å²) < 4.78 is 5.07. The summed E-state index contributed by atoms with van der Waals surface area (Å²) in [5.74, 6) is 0.650.